The molecule has 0 saturated carbocycles. The van der Waals surface area contributed by atoms with Crippen molar-refractivity contribution in [2.24, 2.45) is 0 Å². The quantitative estimate of drug-likeness (QED) is 0.892. The molecule has 0 radical (unpaired) electrons. The van der Waals surface area contributed by atoms with Crippen molar-refractivity contribution < 1.29 is 13.5 Å². The Morgan fingerprint density at radius 1 is 1.10 bits per heavy atom. The molecule has 0 aromatic heterocycles. The molecule has 106 valence electrons. The molecule has 0 fully saturated rings. The fourth-order valence-corrected chi connectivity index (χ4v) is 3.08. The third-order valence-electron chi connectivity index (χ3n) is 2.71. The Bertz CT molecular complexity index is 684. The van der Waals surface area contributed by atoms with Crippen LogP contribution in [0.3, 0.4) is 0 Å². The van der Waals surface area contributed by atoms with Gasteiger partial charge in [0.1, 0.15) is 0 Å². The van der Waals surface area contributed by atoms with Crippen molar-refractivity contribution in [1.82, 2.24) is 0 Å². The van der Waals surface area contributed by atoms with Gasteiger partial charge in [-0.1, -0.05) is 29.8 Å². The maximum atomic E-state index is 12.2. The van der Waals surface area contributed by atoms with Crippen molar-refractivity contribution in [3.8, 4) is 0 Å². The Kier molecular flexibility index (Phi) is 4.65. The van der Waals surface area contributed by atoms with Gasteiger partial charge in [-0.15, -0.1) is 0 Å². The highest BCUT2D eigenvalue weighted by atomic mass is 35.5. The molecule has 2 aromatic rings. The molecule has 2 N–H and O–H groups in total. The van der Waals surface area contributed by atoms with E-state index >= 15 is 0 Å². The molecule has 0 bridgehead atoms. The van der Waals surface area contributed by atoms with Crippen molar-refractivity contribution in [3.63, 3.8) is 0 Å². The molecule has 4 nitrogen and oxygen atoms in total. The van der Waals surface area contributed by atoms with E-state index in [1.807, 2.05) is 0 Å². The van der Waals surface area contributed by atoms with Gasteiger partial charge in [0.2, 0.25) is 0 Å². The van der Waals surface area contributed by atoms with Crippen LogP contribution in [0.1, 0.15) is 5.56 Å². The molecule has 0 unspecified atom stereocenters. The van der Waals surface area contributed by atoms with Gasteiger partial charge in [-0.2, -0.15) is 0 Å². The summed E-state index contributed by atoms with van der Waals surface area (Å²) < 4.78 is 26.8. The van der Waals surface area contributed by atoms with Gasteiger partial charge in [0.05, 0.1) is 4.90 Å². The number of anilines is 1. The second kappa shape index (κ2) is 6.26. The number of nitrogens with one attached hydrogen (secondary N) is 1. The van der Waals surface area contributed by atoms with Crippen molar-refractivity contribution in [3.05, 3.63) is 59.1 Å². The summed E-state index contributed by atoms with van der Waals surface area (Å²) in [6.07, 6.45) is 0.543. The van der Waals surface area contributed by atoms with Crippen LogP contribution in [0.2, 0.25) is 5.02 Å². The topological polar surface area (TPSA) is 66.4 Å². The molecule has 0 atom stereocenters. The van der Waals surface area contributed by atoms with Gasteiger partial charge >= 0.3 is 0 Å². The number of aliphatic hydroxyl groups is 1. The van der Waals surface area contributed by atoms with E-state index in [9.17, 15) is 8.42 Å². The maximum Gasteiger partial charge on any atom is 0.261 e. The zero-order valence-corrected chi connectivity index (χ0v) is 12.2. The van der Waals surface area contributed by atoms with Gasteiger partial charge < -0.3 is 5.11 Å². The lowest BCUT2D eigenvalue weighted by Gasteiger charge is -2.09. The monoisotopic (exact) mass is 311 g/mol. The summed E-state index contributed by atoms with van der Waals surface area (Å²) in [6, 6.07) is 12.9. The lowest BCUT2D eigenvalue weighted by molar-refractivity contribution is 0.299. The first-order valence-electron chi connectivity index (χ1n) is 5.99. The van der Waals surface area contributed by atoms with Crippen molar-refractivity contribution in [1.29, 1.82) is 0 Å². The van der Waals surface area contributed by atoms with Gasteiger partial charge in [0, 0.05) is 17.3 Å². The third kappa shape index (κ3) is 3.72. The SMILES string of the molecule is O=S(=O)(Nc1ccc(CCO)cc1)c1cccc(Cl)c1. The van der Waals surface area contributed by atoms with Crippen LogP contribution in [0, 0.1) is 0 Å². The summed E-state index contributed by atoms with van der Waals surface area (Å²) >= 11 is 5.79. The van der Waals surface area contributed by atoms with Crippen LogP contribution < -0.4 is 4.72 Å². The molecule has 2 rings (SSSR count). The van der Waals surface area contributed by atoms with Crippen LogP contribution in [-0.4, -0.2) is 20.1 Å². The summed E-state index contributed by atoms with van der Waals surface area (Å²) in [7, 11) is -3.64. The van der Waals surface area contributed by atoms with E-state index in [1.54, 1.807) is 36.4 Å². The summed E-state index contributed by atoms with van der Waals surface area (Å²) in [5.74, 6) is 0. The number of sulfonamides is 1. The first-order valence-corrected chi connectivity index (χ1v) is 7.85. The average Bonchev–Trinajstić information content (AvgIpc) is 2.41. The largest absolute Gasteiger partial charge is 0.396 e. The van der Waals surface area contributed by atoms with Crippen LogP contribution in [0.15, 0.2) is 53.4 Å². The van der Waals surface area contributed by atoms with E-state index in [2.05, 4.69) is 4.72 Å². The second-order valence-electron chi connectivity index (χ2n) is 4.23. The highest BCUT2D eigenvalue weighted by Gasteiger charge is 2.14. The molecule has 0 aliphatic heterocycles. The molecule has 0 aliphatic carbocycles. The zero-order chi connectivity index (χ0) is 14.6. The normalized spacial score (nSPS) is 11.3. The molecular formula is C14H14ClNO3S. The Balaban J connectivity index is 2.20. The van der Waals surface area contributed by atoms with Crippen molar-refractivity contribution in [2.75, 3.05) is 11.3 Å². The first kappa shape index (κ1) is 14.8. The van der Waals surface area contributed by atoms with Crippen LogP contribution in [0.5, 0.6) is 0 Å². The standard InChI is InChI=1S/C14H14ClNO3S/c15-12-2-1-3-14(10-12)20(18,19)16-13-6-4-11(5-7-13)8-9-17/h1-7,10,16-17H,8-9H2. The maximum absolute atomic E-state index is 12.2. The first-order chi connectivity index (χ1) is 9.51. The minimum Gasteiger partial charge on any atom is -0.396 e. The summed E-state index contributed by atoms with van der Waals surface area (Å²) in [6.45, 7) is 0.0631. The number of benzene rings is 2. The van der Waals surface area contributed by atoms with E-state index < -0.39 is 10.0 Å². The fourth-order valence-electron chi connectivity index (χ4n) is 1.72. The summed E-state index contributed by atoms with van der Waals surface area (Å²) in [5, 5.41) is 9.19. The zero-order valence-electron chi connectivity index (χ0n) is 10.6. The predicted octanol–water partition coefficient (Wildman–Crippen LogP) is 2.68. The molecule has 2 aromatic carbocycles. The van der Waals surface area contributed by atoms with Gasteiger partial charge in [0.15, 0.2) is 0 Å². The number of aliphatic hydroxyl groups excluding tert-OH is 1. The lowest BCUT2D eigenvalue weighted by Crippen LogP contribution is -2.12. The van der Waals surface area contributed by atoms with E-state index in [0.29, 0.717) is 17.1 Å². The van der Waals surface area contributed by atoms with Crippen LogP contribution in [0.25, 0.3) is 0 Å². The summed E-state index contributed by atoms with van der Waals surface area (Å²) in [4.78, 5) is 0.115. The minimum atomic E-state index is -3.64. The Hall–Kier alpha value is -1.56. The van der Waals surface area contributed by atoms with E-state index in [0.717, 1.165) is 5.56 Å². The molecule has 0 heterocycles. The molecule has 0 spiro atoms. The molecular weight excluding hydrogens is 298 g/mol. The number of halogens is 1. The molecule has 0 aliphatic rings. The predicted molar refractivity (Wildman–Crippen MR) is 79.5 cm³/mol. The minimum absolute atomic E-state index is 0.0631. The lowest BCUT2D eigenvalue weighted by atomic mass is 10.1. The number of hydrogen-bond acceptors (Lipinski definition) is 3. The van der Waals surface area contributed by atoms with E-state index in [1.165, 1.54) is 12.1 Å². The van der Waals surface area contributed by atoms with E-state index in [-0.39, 0.29) is 11.5 Å². The highest BCUT2D eigenvalue weighted by molar-refractivity contribution is 7.92. The average molecular weight is 312 g/mol. The Labute approximate surface area is 123 Å². The van der Waals surface area contributed by atoms with E-state index in [4.69, 9.17) is 16.7 Å². The van der Waals surface area contributed by atoms with Crippen molar-refractivity contribution >= 4 is 27.3 Å². The third-order valence-corrected chi connectivity index (χ3v) is 4.33. The fraction of sp³-hybridized carbons (Fsp3) is 0.143. The number of hydrogen-bond donors (Lipinski definition) is 2. The number of rotatable bonds is 5. The Morgan fingerprint density at radius 3 is 2.40 bits per heavy atom. The summed E-state index contributed by atoms with van der Waals surface area (Å²) in [5.41, 5.74) is 1.41. The Morgan fingerprint density at radius 2 is 1.80 bits per heavy atom. The smallest absolute Gasteiger partial charge is 0.261 e. The molecule has 0 saturated heterocycles. The molecule has 20 heavy (non-hydrogen) atoms. The molecule has 6 heteroatoms. The van der Waals surface area contributed by atoms with Crippen LogP contribution >= 0.6 is 11.6 Å². The van der Waals surface area contributed by atoms with Crippen LogP contribution in [0.4, 0.5) is 5.69 Å². The van der Waals surface area contributed by atoms with Crippen molar-refractivity contribution in [2.45, 2.75) is 11.3 Å². The van der Waals surface area contributed by atoms with Gasteiger partial charge in [-0.25, -0.2) is 8.42 Å². The van der Waals surface area contributed by atoms with Gasteiger partial charge in [-0.3, -0.25) is 4.72 Å². The second-order valence-corrected chi connectivity index (χ2v) is 6.35. The van der Waals surface area contributed by atoms with Gasteiger partial charge in [-0.05, 0) is 42.3 Å². The highest BCUT2D eigenvalue weighted by Crippen LogP contribution is 2.19. The van der Waals surface area contributed by atoms with Gasteiger partial charge in [0.25, 0.3) is 10.0 Å². The molecule has 0 amide bonds. The van der Waals surface area contributed by atoms with Crippen LogP contribution in [-0.2, 0) is 16.4 Å².